The van der Waals surface area contributed by atoms with Gasteiger partial charge in [0.2, 0.25) is 5.28 Å². The van der Waals surface area contributed by atoms with Crippen molar-refractivity contribution in [2.45, 2.75) is 18.6 Å². The van der Waals surface area contributed by atoms with Gasteiger partial charge in [0, 0.05) is 6.20 Å². The molecule has 0 amide bonds. The van der Waals surface area contributed by atoms with Crippen molar-refractivity contribution in [3.63, 3.8) is 0 Å². The van der Waals surface area contributed by atoms with Crippen LogP contribution in [-0.4, -0.2) is 44.1 Å². The van der Waals surface area contributed by atoms with Crippen molar-refractivity contribution in [3.8, 4) is 0 Å². The van der Waals surface area contributed by atoms with Gasteiger partial charge in [-0.15, -0.1) is 11.6 Å². The molecule has 0 saturated heterocycles. The first-order valence-electron chi connectivity index (χ1n) is 7.69. The number of nitrogens with one attached hydrogen (secondary N) is 1. The highest BCUT2D eigenvalue weighted by Crippen LogP contribution is 2.28. The van der Waals surface area contributed by atoms with E-state index in [0.717, 1.165) is 0 Å². The van der Waals surface area contributed by atoms with E-state index in [0.29, 0.717) is 28.4 Å². The van der Waals surface area contributed by atoms with Crippen molar-refractivity contribution < 1.29 is 17.9 Å². The van der Waals surface area contributed by atoms with Gasteiger partial charge in [-0.3, -0.25) is 4.68 Å². The number of hydrogen-bond donors (Lipinski definition) is 1. The van der Waals surface area contributed by atoms with Crippen LogP contribution in [0, 0.1) is 0 Å². The van der Waals surface area contributed by atoms with Gasteiger partial charge in [-0.1, -0.05) is 6.07 Å². The van der Waals surface area contributed by atoms with Gasteiger partial charge in [0.15, 0.2) is 5.82 Å². The molecule has 3 aromatic heterocycles. The van der Waals surface area contributed by atoms with Crippen LogP contribution in [0.2, 0.25) is 5.28 Å². The minimum Gasteiger partial charge on any atom is -0.370 e. The molecule has 0 atom stereocenters. The molecule has 3 rings (SSSR count). The largest absolute Gasteiger partial charge is 0.411 e. The highest BCUT2D eigenvalue weighted by Gasteiger charge is 2.27. The smallest absolute Gasteiger partial charge is 0.370 e. The Labute approximate surface area is 161 Å². The third-order valence-electron chi connectivity index (χ3n) is 3.38. The lowest BCUT2D eigenvalue weighted by molar-refractivity contribution is -0.174. The average molecular weight is 421 g/mol. The van der Waals surface area contributed by atoms with Crippen LogP contribution in [0.1, 0.15) is 5.69 Å². The van der Waals surface area contributed by atoms with E-state index in [1.165, 1.54) is 4.68 Å². The number of alkyl halides is 4. The van der Waals surface area contributed by atoms with Gasteiger partial charge in [-0.2, -0.15) is 23.3 Å². The van der Waals surface area contributed by atoms with E-state index in [9.17, 15) is 13.2 Å². The lowest BCUT2D eigenvalue weighted by Gasteiger charge is -2.10. The monoisotopic (exact) mass is 420 g/mol. The van der Waals surface area contributed by atoms with E-state index >= 15 is 0 Å². The first-order chi connectivity index (χ1) is 12.9. The molecule has 144 valence electrons. The molecule has 12 heteroatoms. The van der Waals surface area contributed by atoms with E-state index in [4.69, 9.17) is 23.2 Å². The molecule has 27 heavy (non-hydrogen) atoms. The van der Waals surface area contributed by atoms with Gasteiger partial charge < -0.3 is 10.1 Å². The zero-order valence-corrected chi connectivity index (χ0v) is 15.2. The highest BCUT2D eigenvalue weighted by atomic mass is 35.5. The molecule has 0 aliphatic rings. The van der Waals surface area contributed by atoms with E-state index in [1.807, 2.05) is 0 Å². The van der Waals surface area contributed by atoms with Crippen molar-refractivity contribution in [2.75, 3.05) is 18.5 Å². The Morgan fingerprint density at radius 3 is 2.70 bits per heavy atom. The molecule has 0 aromatic carbocycles. The third kappa shape index (κ3) is 4.96. The number of aromatic nitrogens is 5. The summed E-state index contributed by atoms with van der Waals surface area (Å²) in [6.07, 6.45) is -2.80. The summed E-state index contributed by atoms with van der Waals surface area (Å²) in [7, 11) is 0. The van der Waals surface area contributed by atoms with Gasteiger partial charge in [0.25, 0.3) is 0 Å². The van der Waals surface area contributed by atoms with Gasteiger partial charge in [-0.05, 0) is 23.7 Å². The summed E-state index contributed by atoms with van der Waals surface area (Å²) in [5.41, 5.74) is 1.27. The molecule has 0 fully saturated rings. The molecular formula is C15H13Cl2F3N6O. The second kappa shape index (κ2) is 8.24. The molecule has 3 heterocycles. The van der Waals surface area contributed by atoms with Crippen molar-refractivity contribution in [1.82, 2.24) is 24.7 Å². The summed E-state index contributed by atoms with van der Waals surface area (Å²) in [6, 6.07) is 5.25. The maximum absolute atomic E-state index is 12.2. The van der Waals surface area contributed by atoms with E-state index < -0.39 is 12.8 Å². The Hall–Kier alpha value is -2.17. The van der Waals surface area contributed by atoms with E-state index in [2.05, 4.69) is 30.1 Å². The molecule has 0 aliphatic carbocycles. The molecule has 1 N–H and O–H groups in total. The quantitative estimate of drug-likeness (QED) is 0.354. The van der Waals surface area contributed by atoms with Crippen LogP contribution in [0.5, 0.6) is 0 Å². The fourth-order valence-corrected chi connectivity index (χ4v) is 2.70. The molecule has 0 spiro atoms. The van der Waals surface area contributed by atoms with Crippen LogP contribution < -0.4 is 5.32 Å². The summed E-state index contributed by atoms with van der Waals surface area (Å²) < 4.78 is 42.8. The van der Waals surface area contributed by atoms with Crippen molar-refractivity contribution in [3.05, 3.63) is 35.4 Å². The molecule has 0 unspecified atom stereocenters. The number of rotatable bonds is 7. The molecule has 0 bridgehead atoms. The minimum atomic E-state index is -4.39. The van der Waals surface area contributed by atoms with Crippen LogP contribution in [0.25, 0.3) is 11.0 Å². The predicted molar refractivity (Wildman–Crippen MR) is 94.3 cm³/mol. The SMILES string of the molecule is FC(F)(F)COCCn1nc(CCl)c2nc(Cl)nc(Nc3ccccn3)c21. The van der Waals surface area contributed by atoms with Gasteiger partial charge in [0.1, 0.15) is 29.2 Å². The van der Waals surface area contributed by atoms with Gasteiger partial charge in [-0.25, -0.2) is 9.97 Å². The predicted octanol–water partition coefficient (Wildman–Crippen LogP) is 3.94. The summed E-state index contributed by atoms with van der Waals surface area (Å²) >= 11 is 11.9. The fourth-order valence-electron chi connectivity index (χ4n) is 2.35. The number of halogens is 5. The van der Waals surface area contributed by atoms with Gasteiger partial charge in [0.05, 0.1) is 19.0 Å². The Bertz CT molecular complexity index is 919. The summed E-state index contributed by atoms with van der Waals surface area (Å²) in [5, 5.41) is 7.27. The molecule has 0 radical (unpaired) electrons. The number of ether oxygens (including phenoxy) is 1. The van der Waals surface area contributed by atoms with Crippen LogP contribution >= 0.6 is 23.2 Å². The normalized spacial score (nSPS) is 11.9. The number of fused-ring (bicyclic) bond motifs is 1. The number of anilines is 2. The second-order valence-corrected chi connectivity index (χ2v) is 5.95. The third-order valence-corrected chi connectivity index (χ3v) is 3.80. The summed E-state index contributed by atoms with van der Waals surface area (Å²) in [4.78, 5) is 12.4. The minimum absolute atomic E-state index is 0.0276. The van der Waals surface area contributed by atoms with E-state index in [1.54, 1.807) is 24.4 Å². The topological polar surface area (TPSA) is 77.8 Å². The molecular weight excluding hydrogens is 408 g/mol. The summed E-state index contributed by atoms with van der Waals surface area (Å²) in [6.45, 7) is -1.50. The summed E-state index contributed by atoms with van der Waals surface area (Å²) in [5.74, 6) is 0.856. The lowest BCUT2D eigenvalue weighted by Crippen LogP contribution is -2.19. The maximum atomic E-state index is 12.2. The maximum Gasteiger partial charge on any atom is 0.411 e. The van der Waals surface area contributed by atoms with Crippen LogP contribution in [0.4, 0.5) is 24.8 Å². The number of hydrogen-bond acceptors (Lipinski definition) is 6. The van der Waals surface area contributed by atoms with Crippen molar-refractivity contribution in [1.29, 1.82) is 0 Å². The first kappa shape index (κ1) is 19.6. The van der Waals surface area contributed by atoms with E-state index in [-0.39, 0.29) is 24.3 Å². The zero-order valence-electron chi connectivity index (χ0n) is 13.7. The number of pyridine rings is 1. The Balaban J connectivity index is 1.93. The highest BCUT2D eigenvalue weighted by molar-refractivity contribution is 6.29. The van der Waals surface area contributed by atoms with Crippen molar-refractivity contribution in [2.24, 2.45) is 0 Å². The Morgan fingerprint density at radius 2 is 2.04 bits per heavy atom. The second-order valence-electron chi connectivity index (χ2n) is 5.35. The molecule has 7 nitrogen and oxygen atoms in total. The molecule has 0 saturated carbocycles. The standard InChI is InChI=1S/C15H13Cl2F3N6O/c16-7-9-11-12(26(25-9)5-6-27-8-15(18,19)20)13(24-14(17)23-11)22-10-3-1-2-4-21-10/h1-4H,5-8H2,(H,21,22,23,24). The molecule has 0 aliphatic heterocycles. The number of nitrogens with zero attached hydrogens (tertiary/aromatic N) is 5. The van der Waals surface area contributed by atoms with Crippen LogP contribution in [0.15, 0.2) is 24.4 Å². The lowest BCUT2D eigenvalue weighted by atomic mass is 10.3. The average Bonchev–Trinajstić information content (AvgIpc) is 2.96. The van der Waals surface area contributed by atoms with Gasteiger partial charge >= 0.3 is 6.18 Å². The Morgan fingerprint density at radius 1 is 1.22 bits per heavy atom. The van der Waals surface area contributed by atoms with Crippen LogP contribution in [-0.2, 0) is 17.2 Å². The molecule has 3 aromatic rings. The zero-order chi connectivity index (χ0) is 19.4. The van der Waals surface area contributed by atoms with Crippen molar-refractivity contribution >= 4 is 45.9 Å². The first-order valence-corrected chi connectivity index (χ1v) is 8.60. The van der Waals surface area contributed by atoms with Crippen LogP contribution in [0.3, 0.4) is 0 Å². The fraction of sp³-hybridized carbons (Fsp3) is 0.333. The Kier molecular flexibility index (Phi) is 5.98.